The molecular weight excluding hydrogens is 416 g/mol. The number of carbonyl (C=O) groups excluding carboxylic acids is 1. The smallest absolute Gasteiger partial charge is 0.287 e. The molecule has 0 radical (unpaired) electrons. The van der Waals surface area contributed by atoms with E-state index in [4.69, 9.17) is 4.42 Å². The zero-order valence-electron chi connectivity index (χ0n) is 17.7. The Hall–Kier alpha value is -2.91. The van der Waals surface area contributed by atoms with E-state index in [2.05, 4.69) is 10.4 Å². The summed E-state index contributed by atoms with van der Waals surface area (Å²) in [7, 11) is -3.66. The lowest BCUT2D eigenvalue weighted by atomic mass is 10.1. The second kappa shape index (κ2) is 8.68. The van der Waals surface area contributed by atoms with Crippen molar-refractivity contribution in [3.05, 3.63) is 65.2 Å². The van der Waals surface area contributed by atoms with Crippen LogP contribution in [0.3, 0.4) is 0 Å². The number of rotatable bonds is 7. The molecule has 0 spiro atoms. The maximum absolute atomic E-state index is 12.5. The Morgan fingerprint density at radius 1 is 1.10 bits per heavy atom. The second-order valence-corrected chi connectivity index (χ2v) is 9.61. The predicted octanol–water partition coefficient (Wildman–Crippen LogP) is 2.84. The molecule has 0 aliphatic carbocycles. The van der Waals surface area contributed by atoms with Crippen LogP contribution in [0.2, 0.25) is 0 Å². The molecule has 0 saturated carbocycles. The minimum atomic E-state index is -3.66. The first-order valence-corrected chi connectivity index (χ1v) is 11.8. The number of benzene rings is 1. The summed E-state index contributed by atoms with van der Waals surface area (Å²) >= 11 is 0. The molecule has 8 nitrogen and oxygen atoms in total. The minimum Gasteiger partial charge on any atom is -0.438 e. The summed E-state index contributed by atoms with van der Waals surface area (Å²) in [5.74, 6) is -0.431. The average molecular weight is 443 g/mol. The van der Waals surface area contributed by atoms with Gasteiger partial charge in [0.1, 0.15) is 0 Å². The van der Waals surface area contributed by atoms with E-state index >= 15 is 0 Å². The van der Waals surface area contributed by atoms with Gasteiger partial charge >= 0.3 is 0 Å². The lowest BCUT2D eigenvalue weighted by molar-refractivity contribution is 0.0921. The molecule has 0 unspecified atom stereocenters. The number of nitrogens with zero attached hydrogens (tertiary/aromatic N) is 3. The highest BCUT2D eigenvalue weighted by Gasteiger charge is 2.30. The number of amides is 1. The Balaban J connectivity index is 1.32. The number of hydrogen-bond donors (Lipinski definition) is 1. The van der Waals surface area contributed by atoms with E-state index in [1.54, 1.807) is 0 Å². The van der Waals surface area contributed by atoms with Crippen molar-refractivity contribution in [2.75, 3.05) is 19.6 Å². The van der Waals surface area contributed by atoms with E-state index in [0.29, 0.717) is 26.1 Å². The van der Waals surface area contributed by atoms with Gasteiger partial charge in [-0.3, -0.25) is 4.79 Å². The molecule has 1 saturated heterocycles. The molecule has 1 aromatic carbocycles. The van der Waals surface area contributed by atoms with Crippen LogP contribution in [0.4, 0.5) is 0 Å². The first-order valence-electron chi connectivity index (χ1n) is 10.4. The SMILES string of the molecule is Cc1cc(C)n(-c2ccc(CCNC(=O)c3ccc(S(=O)(=O)N4CCCC4)o3)cc2)n1. The highest BCUT2D eigenvalue weighted by molar-refractivity contribution is 7.89. The maximum Gasteiger partial charge on any atom is 0.287 e. The van der Waals surface area contributed by atoms with Crippen LogP contribution in [0.25, 0.3) is 5.69 Å². The van der Waals surface area contributed by atoms with E-state index in [1.807, 2.05) is 48.9 Å². The number of hydrogen-bond acceptors (Lipinski definition) is 5. The first kappa shape index (κ1) is 21.3. The number of sulfonamides is 1. The summed E-state index contributed by atoms with van der Waals surface area (Å²) in [6, 6.07) is 12.8. The van der Waals surface area contributed by atoms with Crippen molar-refractivity contribution in [3.63, 3.8) is 0 Å². The number of aromatic nitrogens is 2. The van der Waals surface area contributed by atoms with Gasteiger partial charge in [0.05, 0.1) is 11.4 Å². The molecule has 3 aromatic rings. The summed E-state index contributed by atoms with van der Waals surface area (Å²) in [5.41, 5.74) is 4.10. The number of nitrogens with one attached hydrogen (secondary N) is 1. The highest BCUT2D eigenvalue weighted by atomic mass is 32.2. The van der Waals surface area contributed by atoms with E-state index in [-0.39, 0.29) is 10.9 Å². The van der Waals surface area contributed by atoms with Gasteiger partial charge in [0, 0.05) is 25.3 Å². The van der Waals surface area contributed by atoms with Crippen LogP contribution in [-0.2, 0) is 16.4 Å². The van der Waals surface area contributed by atoms with Gasteiger partial charge in [-0.05, 0) is 69.0 Å². The lowest BCUT2D eigenvalue weighted by Gasteiger charge is -2.12. The first-order chi connectivity index (χ1) is 14.8. The van der Waals surface area contributed by atoms with Gasteiger partial charge in [-0.2, -0.15) is 9.40 Å². The van der Waals surface area contributed by atoms with Gasteiger partial charge in [0.15, 0.2) is 5.76 Å². The molecule has 0 atom stereocenters. The molecule has 3 heterocycles. The minimum absolute atomic E-state index is 0.00218. The van der Waals surface area contributed by atoms with Crippen LogP contribution in [0.1, 0.15) is 40.3 Å². The largest absolute Gasteiger partial charge is 0.438 e. The van der Waals surface area contributed by atoms with E-state index in [0.717, 1.165) is 35.5 Å². The third-order valence-corrected chi connectivity index (χ3v) is 7.13. The van der Waals surface area contributed by atoms with E-state index < -0.39 is 15.9 Å². The molecule has 4 rings (SSSR count). The van der Waals surface area contributed by atoms with Crippen LogP contribution in [0.15, 0.2) is 52.0 Å². The fourth-order valence-corrected chi connectivity index (χ4v) is 5.17. The molecule has 1 aliphatic rings. The number of aryl methyl sites for hydroxylation is 2. The molecule has 1 fully saturated rings. The fourth-order valence-electron chi connectivity index (χ4n) is 3.74. The van der Waals surface area contributed by atoms with Gasteiger partial charge in [-0.1, -0.05) is 12.1 Å². The number of furan rings is 1. The average Bonchev–Trinajstić information content (AvgIpc) is 3.50. The predicted molar refractivity (Wildman–Crippen MR) is 116 cm³/mol. The van der Waals surface area contributed by atoms with Crippen molar-refractivity contribution < 1.29 is 17.6 Å². The molecule has 1 amide bonds. The van der Waals surface area contributed by atoms with Crippen LogP contribution < -0.4 is 5.32 Å². The molecule has 1 aliphatic heterocycles. The van der Waals surface area contributed by atoms with Crippen molar-refractivity contribution in [1.29, 1.82) is 0 Å². The van der Waals surface area contributed by atoms with Gasteiger partial charge < -0.3 is 9.73 Å². The highest BCUT2D eigenvalue weighted by Crippen LogP contribution is 2.22. The van der Waals surface area contributed by atoms with E-state index in [1.165, 1.54) is 16.4 Å². The van der Waals surface area contributed by atoms with Crippen molar-refractivity contribution in [2.24, 2.45) is 0 Å². The standard InChI is InChI=1S/C22H26N4O4S/c1-16-15-17(2)26(24-16)19-7-5-18(6-8-19)11-12-23-22(27)20-9-10-21(30-20)31(28,29)25-13-3-4-14-25/h5-10,15H,3-4,11-14H2,1-2H3,(H,23,27). The van der Waals surface area contributed by atoms with Crippen LogP contribution in [0, 0.1) is 13.8 Å². The fraction of sp³-hybridized carbons (Fsp3) is 0.364. The monoisotopic (exact) mass is 442 g/mol. The Kier molecular flexibility index (Phi) is 5.97. The molecule has 31 heavy (non-hydrogen) atoms. The topological polar surface area (TPSA) is 97.4 Å². The van der Waals surface area contributed by atoms with Crippen molar-refractivity contribution in [3.8, 4) is 5.69 Å². The third kappa shape index (κ3) is 4.57. The maximum atomic E-state index is 12.5. The summed E-state index contributed by atoms with van der Waals surface area (Å²) < 4.78 is 33.7. The Morgan fingerprint density at radius 3 is 2.45 bits per heavy atom. The van der Waals surface area contributed by atoms with Crippen molar-refractivity contribution >= 4 is 15.9 Å². The second-order valence-electron chi connectivity index (χ2n) is 7.74. The van der Waals surface area contributed by atoms with Crippen LogP contribution in [-0.4, -0.2) is 48.0 Å². The molecule has 9 heteroatoms. The molecule has 2 aromatic heterocycles. The van der Waals surface area contributed by atoms with Crippen LogP contribution >= 0.6 is 0 Å². The lowest BCUT2D eigenvalue weighted by Crippen LogP contribution is -2.27. The molecule has 0 bridgehead atoms. The Morgan fingerprint density at radius 2 is 1.81 bits per heavy atom. The summed E-state index contributed by atoms with van der Waals surface area (Å²) in [6.45, 7) is 5.36. The summed E-state index contributed by atoms with van der Waals surface area (Å²) in [6.07, 6.45) is 2.33. The van der Waals surface area contributed by atoms with Crippen molar-refractivity contribution in [2.45, 2.75) is 38.2 Å². The quantitative estimate of drug-likeness (QED) is 0.607. The molecule has 164 valence electrons. The Bertz CT molecular complexity index is 1170. The van der Waals surface area contributed by atoms with Crippen LogP contribution in [0.5, 0.6) is 0 Å². The van der Waals surface area contributed by atoms with Crippen molar-refractivity contribution in [1.82, 2.24) is 19.4 Å². The molecular formula is C22H26N4O4S. The van der Waals surface area contributed by atoms with Gasteiger partial charge in [0.25, 0.3) is 15.9 Å². The third-order valence-electron chi connectivity index (χ3n) is 5.35. The zero-order valence-corrected chi connectivity index (χ0v) is 18.5. The Labute approximate surface area is 181 Å². The van der Waals surface area contributed by atoms with E-state index in [9.17, 15) is 13.2 Å². The van der Waals surface area contributed by atoms with Gasteiger partial charge in [0.2, 0.25) is 5.09 Å². The number of carbonyl (C=O) groups is 1. The summed E-state index contributed by atoms with van der Waals surface area (Å²) in [4.78, 5) is 12.4. The van der Waals surface area contributed by atoms with Gasteiger partial charge in [-0.25, -0.2) is 13.1 Å². The van der Waals surface area contributed by atoms with Gasteiger partial charge in [-0.15, -0.1) is 0 Å². The normalized spacial score (nSPS) is 14.8. The zero-order chi connectivity index (χ0) is 22.0. The summed E-state index contributed by atoms with van der Waals surface area (Å²) in [5, 5.41) is 7.08. The molecule has 1 N–H and O–H groups in total.